The van der Waals surface area contributed by atoms with Gasteiger partial charge in [0.05, 0.1) is 17.7 Å². The van der Waals surface area contributed by atoms with Crippen molar-refractivity contribution in [1.29, 1.82) is 0 Å². The minimum Gasteiger partial charge on any atom is -0.478 e. The van der Waals surface area contributed by atoms with Gasteiger partial charge < -0.3 is 19.7 Å². The van der Waals surface area contributed by atoms with Crippen molar-refractivity contribution in [2.45, 2.75) is 39.7 Å². The van der Waals surface area contributed by atoms with E-state index in [0.29, 0.717) is 12.1 Å². The second kappa shape index (κ2) is 6.95. The SMILES string of the molecule is Cc1cc(C(=O)O)c2c(c1)c(CCN1CCCC1)c(C)n2CCO. The van der Waals surface area contributed by atoms with Gasteiger partial charge in [0.15, 0.2) is 0 Å². The Morgan fingerprint density at radius 1 is 1.17 bits per heavy atom. The Bertz CT molecular complexity index is 758. The first-order valence-corrected chi connectivity index (χ1v) is 8.71. The Kier molecular flexibility index (Phi) is 4.92. The summed E-state index contributed by atoms with van der Waals surface area (Å²) in [6, 6.07) is 3.81. The summed E-state index contributed by atoms with van der Waals surface area (Å²) in [7, 11) is 0. The minimum absolute atomic E-state index is 0.00310. The smallest absolute Gasteiger partial charge is 0.337 e. The molecular weight excluding hydrogens is 304 g/mol. The zero-order valence-electron chi connectivity index (χ0n) is 14.5. The number of carboxylic acid groups (broad SMARTS) is 1. The van der Waals surface area contributed by atoms with Crippen LogP contribution in [0.5, 0.6) is 0 Å². The maximum atomic E-state index is 11.7. The number of hydrogen-bond donors (Lipinski definition) is 2. The summed E-state index contributed by atoms with van der Waals surface area (Å²) >= 11 is 0. The summed E-state index contributed by atoms with van der Waals surface area (Å²) < 4.78 is 1.97. The van der Waals surface area contributed by atoms with Gasteiger partial charge >= 0.3 is 5.97 Å². The highest BCUT2D eigenvalue weighted by Crippen LogP contribution is 2.31. The van der Waals surface area contributed by atoms with Crippen molar-refractivity contribution in [3.8, 4) is 0 Å². The average molecular weight is 330 g/mol. The van der Waals surface area contributed by atoms with Gasteiger partial charge in [-0.1, -0.05) is 0 Å². The second-order valence-corrected chi connectivity index (χ2v) is 6.75. The maximum Gasteiger partial charge on any atom is 0.337 e. The van der Waals surface area contributed by atoms with Crippen LogP contribution < -0.4 is 0 Å². The van der Waals surface area contributed by atoms with Gasteiger partial charge in [-0.25, -0.2) is 4.79 Å². The van der Waals surface area contributed by atoms with Crippen molar-refractivity contribution in [2.75, 3.05) is 26.2 Å². The van der Waals surface area contributed by atoms with Gasteiger partial charge in [-0.05, 0) is 69.5 Å². The summed E-state index contributed by atoms with van der Waals surface area (Å²) in [5.41, 5.74) is 4.33. The van der Waals surface area contributed by atoms with Crippen molar-refractivity contribution in [1.82, 2.24) is 9.47 Å². The van der Waals surface area contributed by atoms with Gasteiger partial charge in [0.1, 0.15) is 0 Å². The molecule has 2 N–H and O–H groups in total. The number of aromatic carboxylic acids is 1. The summed E-state index contributed by atoms with van der Waals surface area (Å²) in [6.45, 7) is 7.74. The highest BCUT2D eigenvalue weighted by Gasteiger charge is 2.21. The van der Waals surface area contributed by atoms with E-state index in [1.165, 1.54) is 18.4 Å². The average Bonchev–Trinajstić information content (AvgIpc) is 3.13. The number of rotatable bonds is 6. The van der Waals surface area contributed by atoms with E-state index < -0.39 is 5.97 Å². The Hall–Kier alpha value is -1.85. The molecule has 1 fully saturated rings. The predicted molar refractivity (Wildman–Crippen MR) is 94.8 cm³/mol. The summed E-state index contributed by atoms with van der Waals surface area (Å²) in [5.74, 6) is -0.911. The lowest BCUT2D eigenvalue weighted by Gasteiger charge is -2.14. The Morgan fingerprint density at radius 2 is 1.88 bits per heavy atom. The minimum atomic E-state index is -0.911. The molecule has 2 aromatic rings. The molecule has 5 nitrogen and oxygen atoms in total. The van der Waals surface area contributed by atoms with Gasteiger partial charge in [0.2, 0.25) is 0 Å². The first-order chi connectivity index (χ1) is 11.5. The standard InChI is InChI=1S/C19H26N2O3/c1-13-11-16-15(5-8-20-6-3-4-7-20)14(2)21(9-10-22)18(16)17(12-13)19(23)24/h11-12,22H,3-10H2,1-2H3,(H,23,24). The number of carbonyl (C=O) groups is 1. The van der Waals surface area contributed by atoms with Crippen LogP contribution in [-0.2, 0) is 13.0 Å². The molecule has 130 valence electrons. The normalized spacial score (nSPS) is 15.5. The van der Waals surface area contributed by atoms with Gasteiger partial charge in [-0.2, -0.15) is 0 Å². The number of hydrogen-bond acceptors (Lipinski definition) is 3. The summed E-state index contributed by atoms with van der Waals surface area (Å²) in [6.07, 6.45) is 3.46. The lowest BCUT2D eigenvalue weighted by molar-refractivity contribution is 0.0698. The van der Waals surface area contributed by atoms with Crippen molar-refractivity contribution in [3.63, 3.8) is 0 Å². The number of aromatic nitrogens is 1. The van der Waals surface area contributed by atoms with E-state index in [2.05, 4.69) is 11.0 Å². The zero-order chi connectivity index (χ0) is 17.3. The first kappa shape index (κ1) is 17.0. The molecule has 1 saturated heterocycles. The number of aliphatic hydroxyl groups excluding tert-OH is 1. The second-order valence-electron chi connectivity index (χ2n) is 6.75. The van der Waals surface area contributed by atoms with Crippen LogP contribution in [0, 0.1) is 13.8 Å². The summed E-state index contributed by atoms with van der Waals surface area (Å²) in [5, 5.41) is 20.1. The quantitative estimate of drug-likeness (QED) is 0.854. The Balaban J connectivity index is 2.09. The van der Waals surface area contributed by atoms with E-state index in [9.17, 15) is 15.0 Å². The molecule has 1 aliphatic heterocycles. The highest BCUT2D eigenvalue weighted by atomic mass is 16.4. The Morgan fingerprint density at radius 3 is 2.50 bits per heavy atom. The Labute approximate surface area is 142 Å². The molecule has 0 aliphatic carbocycles. The van der Waals surface area contributed by atoms with Crippen molar-refractivity contribution in [3.05, 3.63) is 34.5 Å². The molecule has 0 atom stereocenters. The van der Waals surface area contributed by atoms with E-state index in [4.69, 9.17) is 0 Å². The van der Waals surface area contributed by atoms with Gasteiger partial charge in [-0.3, -0.25) is 0 Å². The van der Waals surface area contributed by atoms with E-state index >= 15 is 0 Å². The van der Waals surface area contributed by atoms with E-state index in [0.717, 1.165) is 48.2 Å². The molecule has 0 amide bonds. The molecule has 1 aliphatic rings. The molecule has 0 radical (unpaired) electrons. The molecular formula is C19H26N2O3. The van der Waals surface area contributed by atoms with Gasteiger partial charge in [0.25, 0.3) is 0 Å². The van der Waals surface area contributed by atoms with Crippen LogP contribution in [-0.4, -0.2) is 51.9 Å². The van der Waals surface area contributed by atoms with Gasteiger partial charge in [-0.15, -0.1) is 0 Å². The molecule has 1 aromatic carbocycles. The largest absolute Gasteiger partial charge is 0.478 e. The van der Waals surface area contributed by atoms with Crippen molar-refractivity contribution < 1.29 is 15.0 Å². The van der Waals surface area contributed by atoms with Crippen molar-refractivity contribution in [2.24, 2.45) is 0 Å². The van der Waals surface area contributed by atoms with Crippen LogP contribution in [0.1, 0.15) is 40.0 Å². The van der Waals surface area contributed by atoms with Crippen LogP contribution in [0.4, 0.5) is 0 Å². The third-order valence-electron chi connectivity index (χ3n) is 5.12. The van der Waals surface area contributed by atoms with E-state index in [1.54, 1.807) is 6.07 Å². The fourth-order valence-corrected chi connectivity index (χ4v) is 3.96. The van der Waals surface area contributed by atoms with Crippen LogP contribution in [0.15, 0.2) is 12.1 Å². The monoisotopic (exact) mass is 330 g/mol. The lowest BCUT2D eigenvalue weighted by Crippen LogP contribution is -2.22. The molecule has 0 saturated carbocycles. The summed E-state index contributed by atoms with van der Waals surface area (Å²) in [4.78, 5) is 14.2. The number of carboxylic acids is 1. The molecule has 3 rings (SSSR count). The lowest BCUT2D eigenvalue weighted by atomic mass is 10.0. The molecule has 0 spiro atoms. The number of benzene rings is 1. The highest BCUT2D eigenvalue weighted by molar-refractivity contribution is 6.04. The van der Waals surface area contributed by atoms with Crippen LogP contribution in [0.2, 0.25) is 0 Å². The van der Waals surface area contributed by atoms with Crippen LogP contribution in [0.3, 0.4) is 0 Å². The molecule has 24 heavy (non-hydrogen) atoms. The number of aliphatic hydroxyl groups is 1. The topological polar surface area (TPSA) is 65.7 Å². The molecule has 0 unspecified atom stereocenters. The van der Waals surface area contributed by atoms with E-state index in [1.807, 2.05) is 18.4 Å². The first-order valence-electron chi connectivity index (χ1n) is 8.71. The maximum absolute atomic E-state index is 11.7. The van der Waals surface area contributed by atoms with Crippen LogP contribution >= 0.6 is 0 Å². The van der Waals surface area contributed by atoms with Crippen molar-refractivity contribution >= 4 is 16.9 Å². The molecule has 0 bridgehead atoms. The third kappa shape index (κ3) is 3.06. The predicted octanol–water partition coefficient (Wildman–Crippen LogP) is 2.59. The number of nitrogens with zero attached hydrogens (tertiary/aromatic N) is 2. The number of fused-ring (bicyclic) bond motifs is 1. The van der Waals surface area contributed by atoms with Crippen LogP contribution in [0.25, 0.3) is 10.9 Å². The number of aryl methyl sites for hydroxylation is 1. The fourth-order valence-electron chi connectivity index (χ4n) is 3.96. The molecule has 2 heterocycles. The van der Waals surface area contributed by atoms with Gasteiger partial charge in [0, 0.05) is 24.2 Å². The molecule has 1 aromatic heterocycles. The zero-order valence-corrected chi connectivity index (χ0v) is 14.5. The third-order valence-corrected chi connectivity index (χ3v) is 5.12. The van der Waals surface area contributed by atoms with E-state index in [-0.39, 0.29) is 6.61 Å². The molecule has 5 heteroatoms. The number of likely N-dealkylation sites (tertiary alicyclic amines) is 1. The fraction of sp³-hybridized carbons (Fsp3) is 0.526.